The number of anilines is 1. The summed E-state index contributed by atoms with van der Waals surface area (Å²) in [7, 11) is 0. The van der Waals surface area contributed by atoms with Crippen LogP contribution in [0.15, 0.2) is 11.4 Å². The smallest absolute Gasteiger partial charge is 0.329 e. The molecule has 6 rings (SSSR count). The van der Waals surface area contributed by atoms with Gasteiger partial charge in [0.05, 0.1) is 17.1 Å². The van der Waals surface area contributed by atoms with E-state index in [0.29, 0.717) is 17.8 Å². The number of aliphatic hydroxyl groups is 1. The van der Waals surface area contributed by atoms with Crippen molar-refractivity contribution in [2.24, 2.45) is 28.9 Å². The molecule has 9 nitrogen and oxygen atoms in total. The van der Waals surface area contributed by atoms with E-state index in [9.17, 15) is 24.3 Å². The second-order valence-corrected chi connectivity index (χ2v) is 11.6. The van der Waals surface area contributed by atoms with E-state index in [1.54, 1.807) is 5.38 Å². The first-order valence-corrected chi connectivity index (χ1v) is 12.9. The summed E-state index contributed by atoms with van der Waals surface area (Å²) in [5.74, 6) is -0.251. The fourth-order valence-corrected chi connectivity index (χ4v) is 7.85. The number of ether oxygens (including phenoxy) is 1. The molecule has 10 heteroatoms. The molecule has 4 bridgehead atoms. The summed E-state index contributed by atoms with van der Waals surface area (Å²) < 4.78 is 5.43. The van der Waals surface area contributed by atoms with Gasteiger partial charge in [0.2, 0.25) is 5.91 Å². The average Bonchev–Trinajstić information content (AvgIpc) is 3.38. The Morgan fingerprint density at radius 1 is 1.15 bits per heavy atom. The van der Waals surface area contributed by atoms with Crippen LogP contribution in [0.5, 0.6) is 0 Å². The Bertz CT molecular complexity index is 987. The zero-order valence-electron chi connectivity index (χ0n) is 19.2. The van der Waals surface area contributed by atoms with Crippen molar-refractivity contribution in [2.75, 3.05) is 11.9 Å². The van der Waals surface area contributed by atoms with Crippen LogP contribution < -0.4 is 11.1 Å². The highest BCUT2D eigenvalue weighted by molar-refractivity contribution is 7.14. The van der Waals surface area contributed by atoms with Gasteiger partial charge >= 0.3 is 5.97 Å². The number of hydrogen-bond acceptors (Lipinski definition) is 7. The first kappa shape index (κ1) is 23.3. The summed E-state index contributed by atoms with van der Waals surface area (Å²) >= 11 is 1.14. The lowest BCUT2D eigenvalue weighted by atomic mass is 9.49. The number of carbonyl (C=O) groups excluding carboxylic acids is 4. The fourth-order valence-electron chi connectivity index (χ4n) is 7.06. The van der Waals surface area contributed by atoms with Gasteiger partial charge in [-0.15, -0.1) is 11.3 Å². The van der Waals surface area contributed by atoms with Crippen LogP contribution in [0.1, 0.15) is 62.2 Å². The Kier molecular flexibility index (Phi) is 5.92. The van der Waals surface area contributed by atoms with Crippen molar-refractivity contribution in [1.29, 1.82) is 0 Å². The van der Waals surface area contributed by atoms with Crippen LogP contribution >= 0.6 is 11.3 Å². The zero-order valence-corrected chi connectivity index (χ0v) is 20.0. The van der Waals surface area contributed by atoms with E-state index < -0.39 is 41.4 Å². The standard InChI is InChI=1S/C24H31N3O6S/c1-12(20(30)26-21-17(19(25)29)2-3-34-21)33-22(31)18-7-16(28)11-27(18)23(32)24-8-13-4-14(9-24)6-15(5-13)10-24/h2-3,12-16,18,28H,4-11H2,1H3,(H2,25,29)(H,26,30)/t12-,13?,14?,15?,16-,18-,24?/m0/s1. The maximum Gasteiger partial charge on any atom is 0.329 e. The molecule has 4 saturated carbocycles. The molecule has 34 heavy (non-hydrogen) atoms. The Labute approximate surface area is 202 Å². The molecule has 1 aromatic heterocycles. The van der Waals surface area contributed by atoms with Gasteiger partial charge in [-0.25, -0.2) is 4.79 Å². The van der Waals surface area contributed by atoms with Crippen molar-refractivity contribution in [1.82, 2.24) is 4.90 Å². The van der Waals surface area contributed by atoms with Gasteiger partial charge in [-0.1, -0.05) is 0 Å². The van der Waals surface area contributed by atoms with Crippen LogP contribution in [0.4, 0.5) is 5.00 Å². The number of nitrogens with zero attached hydrogens (tertiary/aromatic N) is 1. The molecule has 4 N–H and O–H groups in total. The van der Waals surface area contributed by atoms with Crippen molar-refractivity contribution in [3.63, 3.8) is 0 Å². The molecule has 0 aromatic carbocycles. The number of β-amino-alcohol motifs (C(OH)–C–C–N with tert-alkyl or cyclic N) is 1. The van der Waals surface area contributed by atoms with Crippen molar-refractivity contribution in [3.8, 4) is 0 Å². The van der Waals surface area contributed by atoms with Gasteiger partial charge in [-0.05, 0) is 74.6 Å². The quantitative estimate of drug-likeness (QED) is 0.522. The van der Waals surface area contributed by atoms with Crippen LogP contribution in [0.2, 0.25) is 0 Å². The molecule has 0 spiro atoms. The number of likely N-dealkylation sites (tertiary alicyclic amines) is 1. The lowest BCUT2D eigenvalue weighted by Gasteiger charge is -2.56. The number of rotatable bonds is 6. The first-order chi connectivity index (χ1) is 16.1. The monoisotopic (exact) mass is 489 g/mol. The second-order valence-electron chi connectivity index (χ2n) is 10.7. The molecule has 4 aliphatic carbocycles. The number of nitrogens with one attached hydrogen (secondary N) is 1. The third-order valence-corrected chi connectivity index (χ3v) is 8.96. The SMILES string of the molecule is C[C@H](OC(=O)[C@@H]1C[C@H](O)CN1C(=O)C12CC3CC(CC(C3)C1)C2)C(=O)Nc1sccc1C(N)=O. The molecule has 3 amide bonds. The van der Waals surface area contributed by atoms with Gasteiger partial charge < -0.3 is 25.8 Å². The minimum absolute atomic E-state index is 0.0353. The molecule has 1 aromatic rings. The summed E-state index contributed by atoms with van der Waals surface area (Å²) in [6, 6.07) is 0.598. The number of thiophene rings is 1. The minimum atomic E-state index is -1.15. The molecule has 0 radical (unpaired) electrons. The maximum atomic E-state index is 13.8. The van der Waals surface area contributed by atoms with Gasteiger partial charge in [-0.3, -0.25) is 14.4 Å². The molecular formula is C24H31N3O6S. The number of nitrogens with two attached hydrogens (primary N) is 1. The highest BCUT2D eigenvalue weighted by atomic mass is 32.1. The summed E-state index contributed by atoms with van der Waals surface area (Å²) in [5.41, 5.74) is 5.07. The molecular weight excluding hydrogens is 458 g/mol. The zero-order chi connectivity index (χ0) is 24.2. The summed E-state index contributed by atoms with van der Waals surface area (Å²) in [6.07, 6.45) is 4.37. The number of carbonyl (C=O) groups is 4. The van der Waals surface area contributed by atoms with Crippen LogP contribution in [0.3, 0.4) is 0 Å². The van der Waals surface area contributed by atoms with E-state index in [1.165, 1.54) is 37.2 Å². The first-order valence-electron chi connectivity index (χ1n) is 12.0. The molecule has 1 aliphatic heterocycles. The van der Waals surface area contributed by atoms with Crippen LogP contribution in [0.25, 0.3) is 0 Å². The van der Waals surface area contributed by atoms with Crippen LogP contribution in [0, 0.1) is 23.2 Å². The topological polar surface area (TPSA) is 139 Å². The molecule has 2 heterocycles. The van der Waals surface area contributed by atoms with Gasteiger partial charge in [0, 0.05) is 13.0 Å². The van der Waals surface area contributed by atoms with E-state index in [4.69, 9.17) is 10.5 Å². The lowest BCUT2D eigenvalue weighted by molar-refractivity contribution is -0.168. The van der Waals surface area contributed by atoms with Crippen molar-refractivity contribution in [2.45, 2.75) is 70.1 Å². The van der Waals surface area contributed by atoms with Gasteiger partial charge in [0.15, 0.2) is 6.10 Å². The Hall–Kier alpha value is -2.46. The van der Waals surface area contributed by atoms with Gasteiger partial charge in [0.25, 0.3) is 11.8 Å². The van der Waals surface area contributed by atoms with E-state index >= 15 is 0 Å². The number of aliphatic hydroxyl groups excluding tert-OH is 1. The minimum Gasteiger partial charge on any atom is -0.451 e. The predicted octanol–water partition coefficient (Wildman–Crippen LogP) is 1.90. The highest BCUT2D eigenvalue weighted by Gasteiger charge is 2.57. The summed E-state index contributed by atoms with van der Waals surface area (Å²) in [4.78, 5) is 52.4. The third-order valence-electron chi connectivity index (χ3n) is 8.13. The Morgan fingerprint density at radius 2 is 1.76 bits per heavy atom. The van der Waals surface area contributed by atoms with Gasteiger partial charge in [0.1, 0.15) is 11.0 Å². The molecule has 5 aliphatic rings. The fraction of sp³-hybridized carbons (Fsp3) is 0.667. The molecule has 0 unspecified atom stereocenters. The maximum absolute atomic E-state index is 13.8. The average molecular weight is 490 g/mol. The number of esters is 1. The van der Waals surface area contributed by atoms with Crippen molar-refractivity contribution in [3.05, 3.63) is 17.0 Å². The summed E-state index contributed by atoms with van der Waals surface area (Å²) in [5, 5.41) is 14.8. The summed E-state index contributed by atoms with van der Waals surface area (Å²) in [6.45, 7) is 1.54. The Balaban J connectivity index is 1.25. The second kappa shape index (κ2) is 8.64. The van der Waals surface area contributed by atoms with E-state index in [-0.39, 0.29) is 29.4 Å². The third kappa shape index (κ3) is 4.11. The molecule has 5 fully saturated rings. The van der Waals surface area contributed by atoms with E-state index in [1.807, 2.05) is 0 Å². The largest absolute Gasteiger partial charge is 0.451 e. The lowest BCUT2D eigenvalue weighted by Crippen LogP contribution is -2.56. The van der Waals surface area contributed by atoms with Gasteiger partial charge in [-0.2, -0.15) is 0 Å². The highest BCUT2D eigenvalue weighted by Crippen LogP contribution is 2.60. The predicted molar refractivity (Wildman–Crippen MR) is 124 cm³/mol. The van der Waals surface area contributed by atoms with E-state index in [0.717, 1.165) is 30.6 Å². The molecule has 3 atom stereocenters. The number of amides is 3. The van der Waals surface area contributed by atoms with Crippen molar-refractivity contribution < 1.29 is 29.0 Å². The van der Waals surface area contributed by atoms with Crippen LogP contribution in [-0.4, -0.2) is 58.5 Å². The number of hydrogen-bond donors (Lipinski definition) is 3. The van der Waals surface area contributed by atoms with Crippen molar-refractivity contribution >= 4 is 40.0 Å². The number of primary amides is 1. The van der Waals surface area contributed by atoms with Crippen LogP contribution in [-0.2, 0) is 19.1 Å². The molecule has 1 saturated heterocycles. The normalized spacial score (nSPS) is 34.6. The molecule has 184 valence electrons. The van der Waals surface area contributed by atoms with E-state index in [2.05, 4.69) is 5.32 Å². The Morgan fingerprint density at radius 3 is 2.35 bits per heavy atom.